The van der Waals surface area contributed by atoms with E-state index in [1.807, 2.05) is 0 Å². The minimum atomic E-state index is -2.05. The van der Waals surface area contributed by atoms with Gasteiger partial charge < -0.3 is 14.6 Å². The van der Waals surface area contributed by atoms with Crippen molar-refractivity contribution in [1.29, 1.82) is 0 Å². The highest BCUT2D eigenvalue weighted by atomic mass is 19.2. The lowest BCUT2D eigenvalue weighted by Crippen LogP contribution is -2.33. The van der Waals surface area contributed by atoms with Crippen LogP contribution in [0.3, 0.4) is 0 Å². The van der Waals surface area contributed by atoms with Crippen molar-refractivity contribution in [1.82, 2.24) is 9.55 Å². The van der Waals surface area contributed by atoms with E-state index in [1.165, 1.54) is 10.9 Å². The summed E-state index contributed by atoms with van der Waals surface area (Å²) in [7, 11) is -2.05. The molecule has 0 bridgehead atoms. The molecule has 0 unspecified atom stereocenters. The lowest BCUT2D eigenvalue weighted by Gasteiger charge is -2.05. The van der Waals surface area contributed by atoms with E-state index in [0.29, 0.717) is 6.54 Å². The average molecular weight is 226 g/mol. The molecule has 1 heterocycles. The topological polar surface area (TPSA) is 58.3 Å². The smallest absolute Gasteiger partial charge is 0.423 e. The number of hydrogen-bond donors (Lipinski definition) is 2. The fourth-order valence-corrected chi connectivity index (χ4v) is 1.61. The monoisotopic (exact) mass is 226 g/mol. The van der Waals surface area contributed by atoms with E-state index >= 15 is 0 Å². The van der Waals surface area contributed by atoms with Crippen LogP contribution in [-0.2, 0) is 6.54 Å². The largest absolute Gasteiger partial charge is 0.491 e. The van der Waals surface area contributed by atoms with Gasteiger partial charge in [0.25, 0.3) is 0 Å². The van der Waals surface area contributed by atoms with Gasteiger partial charge in [0.15, 0.2) is 11.6 Å². The Bertz CT molecular complexity index is 542. The third kappa shape index (κ3) is 1.48. The molecule has 84 valence electrons. The molecule has 2 N–H and O–H groups in total. The van der Waals surface area contributed by atoms with Crippen LogP contribution in [0, 0.1) is 11.6 Å². The molecule has 1 aromatic carbocycles. The van der Waals surface area contributed by atoms with Crippen molar-refractivity contribution in [3.05, 3.63) is 24.0 Å². The fourth-order valence-electron chi connectivity index (χ4n) is 1.61. The molecule has 0 radical (unpaired) electrons. The third-order valence-corrected chi connectivity index (χ3v) is 2.43. The molecule has 0 aliphatic carbocycles. The van der Waals surface area contributed by atoms with Crippen LogP contribution in [0.15, 0.2) is 12.4 Å². The van der Waals surface area contributed by atoms with E-state index in [0.717, 1.165) is 6.07 Å². The van der Waals surface area contributed by atoms with Crippen molar-refractivity contribution in [3.63, 3.8) is 0 Å². The average Bonchev–Trinajstić information content (AvgIpc) is 2.65. The molecule has 1 aromatic heterocycles. The standard InChI is InChI=1S/C9H9BF2N2O2/c1-2-14-4-13-6-3-5(10(15)16)7(11)8(12)9(6)14/h3-4,15-16H,2H2,1H3. The van der Waals surface area contributed by atoms with Gasteiger partial charge in [-0.3, -0.25) is 0 Å². The van der Waals surface area contributed by atoms with E-state index in [4.69, 9.17) is 10.0 Å². The van der Waals surface area contributed by atoms with Gasteiger partial charge in [0.1, 0.15) is 5.52 Å². The summed E-state index contributed by atoms with van der Waals surface area (Å²) in [5.41, 5.74) is -0.278. The normalized spacial score (nSPS) is 11.1. The quantitative estimate of drug-likeness (QED) is 0.709. The number of fused-ring (bicyclic) bond motifs is 1. The molecule has 0 atom stereocenters. The number of nitrogens with zero attached hydrogens (tertiary/aromatic N) is 2. The minimum absolute atomic E-state index is 0.0319. The highest BCUT2D eigenvalue weighted by Crippen LogP contribution is 2.18. The van der Waals surface area contributed by atoms with E-state index in [9.17, 15) is 8.78 Å². The highest BCUT2D eigenvalue weighted by molar-refractivity contribution is 6.59. The van der Waals surface area contributed by atoms with Crippen LogP contribution in [-0.4, -0.2) is 26.7 Å². The molecule has 7 heteroatoms. The molecule has 0 aliphatic heterocycles. The zero-order valence-electron chi connectivity index (χ0n) is 8.48. The summed E-state index contributed by atoms with van der Waals surface area (Å²) >= 11 is 0. The number of rotatable bonds is 2. The summed E-state index contributed by atoms with van der Waals surface area (Å²) in [5, 5.41) is 17.7. The van der Waals surface area contributed by atoms with Crippen molar-refractivity contribution >= 4 is 23.6 Å². The summed E-state index contributed by atoms with van der Waals surface area (Å²) in [4.78, 5) is 3.87. The number of aromatic nitrogens is 2. The van der Waals surface area contributed by atoms with Crippen LogP contribution < -0.4 is 5.46 Å². The first-order valence-corrected chi connectivity index (χ1v) is 4.75. The second-order valence-corrected chi connectivity index (χ2v) is 3.37. The zero-order valence-corrected chi connectivity index (χ0v) is 8.48. The summed E-state index contributed by atoms with van der Waals surface area (Å²) < 4.78 is 28.5. The van der Waals surface area contributed by atoms with Crippen molar-refractivity contribution in [2.45, 2.75) is 13.5 Å². The van der Waals surface area contributed by atoms with Crippen LogP contribution in [0.4, 0.5) is 8.78 Å². The number of aryl methyl sites for hydroxylation is 1. The number of imidazole rings is 1. The SMILES string of the molecule is CCn1cnc2cc(B(O)O)c(F)c(F)c21. The molecule has 16 heavy (non-hydrogen) atoms. The molecule has 2 rings (SSSR count). The van der Waals surface area contributed by atoms with Gasteiger partial charge in [-0.1, -0.05) is 0 Å². The van der Waals surface area contributed by atoms with Crippen LogP contribution in [0.5, 0.6) is 0 Å². The van der Waals surface area contributed by atoms with Crippen LogP contribution >= 0.6 is 0 Å². The first-order chi connectivity index (χ1) is 7.56. The maximum absolute atomic E-state index is 13.6. The van der Waals surface area contributed by atoms with Gasteiger partial charge in [-0.15, -0.1) is 0 Å². The minimum Gasteiger partial charge on any atom is -0.423 e. The highest BCUT2D eigenvalue weighted by Gasteiger charge is 2.23. The van der Waals surface area contributed by atoms with E-state index in [-0.39, 0.29) is 11.0 Å². The van der Waals surface area contributed by atoms with Gasteiger partial charge >= 0.3 is 7.12 Å². The maximum atomic E-state index is 13.6. The number of hydrogen-bond acceptors (Lipinski definition) is 3. The lowest BCUT2D eigenvalue weighted by atomic mass is 9.79. The van der Waals surface area contributed by atoms with Crippen LogP contribution in [0.2, 0.25) is 0 Å². The summed E-state index contributed by atoms with van der Waals surface area (Å²) in [6, 6.07) is 1.13. The lowest BCUT2D eigenvalue weighted by molar-refractivity contribution is 0.420. The van der Waals surface area contributed by atoms with Gasteiger partial charge in [-0.25, -0.2) is 13.8 Å². The molecule has 0 amide bonds. The second-order valence-electron chi connectivity index (χ2n) is 3.37. The zero-order chi connectivity index (χ0) is 11.9. The molecule has 0 spiro atoms. The number of halogens is 2. The Hall–Kier alpha value is -1.47. The molecular weight excluding hydrogens is 217 g/mol. The second kappa shape index (κ2) is 3.84. The van der Waals surface area contributed by atoms with Gasteiger partial charge in [0.2, 0.25) is 0 Å². The molecular formula is C9H9BF2N2O2. The van der Waals surface area contributed by atoms with Gasteiger partial charge in [-0.2, -0.15) is 0 Å². The van der Waals surface area contributed by atoms with E-state index in [1.54, 1.807) is 6.92 Å². The molecule has 0 saturated carbocycles. The predicted octanol–water partition coefficient (Wildman–Crippen LogP) is 0.0142. The van der Waals surface area contributed by atoms with Crippen LogP contribution in [0.25, 0.3) is 11.0 Å². The molecule has 4 nitrogen and oxygen atoms in total. The molecule has 0 fully saturated rings. The summed E-state index contributed by atoms with van der Waals surface area (Å²) in [5.74, 6) is -2.36. The fraction of sp³-hybridized carbons (Fsp3) is 0.222. The Morgan fingerprint density at radius 2 is 2.06 bits per heavy atom. The molecule has 0 aliphatic rings. The van der Waals surface area contributed by atoms with Crippen molar-refractivity contribution < 1.29 is 18.8 Å². The third-order valence-electron chi connectivity index (χ3n) is 2.43. The van der Waals surface area contributed by atoms with Gasteiger partial charge in [-0.05, 0) is 13.0 Å². The molecule has 0 saturated heterocycles. The first kappa shape index (κ1) is 11.0. The van der Waals surface area contributed by atoms with E-state index < -0.39 is 24.2 Å². The summed E-state index contributed by atoms with van der Waals surface area (Å²) in [6.45, 7) is 2.22. The first-order valence-electron chi connectivity index (χ1n) is 4.75. The Kier molecular flexibility index (Phi) is 2.65. The van der Waals surface area contributed by atoms with Crippen molar-refractivity contribution in [3.8, 4) is 0 Å². The van der Waals surface area contributed by atoms with Crippen molar-refractivity contribution in [2.75, 3.05) is 0 Å². The predicted molar refractivity (Wildman–Crippen MR) is 55.1 cm³/mol. The van der Waals surface area contributed by atoms with Gasteiger partial charge in [0, 0.05) is 12.0 Å². The van der Waals surface area contributed by atoms with Crippen LogP contribution in [0.1, 0.15) is 6.92 Å². The Morgan fingerprint density at radius 1 is 1.38 bits per heavy atom. The molecule has 2 aromatic rings. The van der Waals surface area contributed by atoms with Gasteiger partial charge in [0.05, 0.1) is 11.8 Å². The van der Waals surface area contributed by atoms with E-state index in [2.05, 4.69) is 4.98 Å². The Morgan fingerprint density at radius 3 is 2.62 bits per heavy atom. The Balaban J connectivity index is 2.80. The number of benzene rings is 1. The Labute approximate surface area is 90.3 Å². The van der Waals surface area contributed by atoms with Crippen molar-refractivity contribution in [2.24, 2.45) is 0 Å². The summed E-state index contributed by atoms with van der Waals surface area (Å²) in [6.07, 6.45) is 1.38. The maximum Gasteiger partial charge on any atom is 0.491 e.